The third kappa shape index (κ3) is 1.88. The van der Waals surface area contributed by atoms with E-state index in [9.17, 15) is 10.1 Å². The van der Waals surface area contributed by atoms with Crippen LogP contribution in [0.5, 0.6) is 5.75 Å². The van der Waals surface area contributed by atoms with Crippen LogP contribution in [0.2, 0.25) is 0 Å². The number of hydrogen-bond donors (Lipinski definition) is 1. The largest absolute Gasteiger partial charge is 0.439 e. The van der Waals surface area contributed by atoms with Crippen LogP contribution in [-0.2, 0) is 7.05 Å². The van der Waals surface area contributed by atoms with Crippen molar-refractivity contribution in [1.82, 2.24) is 4.57 Å². The lowest BCUT2D eigenvalue weighted by molar-refractivity contribution is 0.396. The first-order valence-electron chi connectivity index (χ1n) is 7.36. The average molecular weight is 335 g/mol. The van der Waals surface area contributed by atoms with Crippen molar-refractivity contribution in [2.75, 3.05) is 0 Å². The van der Waals surface area contributed by atoms with Crippen LogP contribution in [0.1, 0.15) is 16.4 Å². The summed E-state index contributed by atoms with van der Waals surface area (Å²) in [5, 5.41) is 12.3. The molecule has 5 nitrogen and oxygen atoms in total. The third-order valence-corrected chi connectivity index (χ3v) is 5.23. The third-order valence-electron chi connectivity index (χ3n) is 4.29. The van der Waals surface area contributed by atoms with Crippen LogP contribution in [0.3, 0.4) is 0 Å². The number of aromatic nitrogens is 1. The second kappa shape index (κ2) is 5.25. The molecule has 4 rings (SSSR count). The first kappa shape index (κ1) is 14.5. The SMILES string of the molecule is Cn1c(=O)c2c(c3ccccc31)OC(N)=C(C#N)[C@H]2c1cccs1. The molecule has 118 valence electrons. The van der Waals surface area contributed by atoms with Gasteiger partial charge in [-0.1, -0.05) is 18.2 Å². The molecule has 1 aromatic carbocycles. The minimum Gasteiger partial charge on any atom is -0.439 e. The van der Waals surface area contributed by atoms with Crippen LogP contribution in [0.25, 0.3) is 10.9 Å². The van der Waals surface area contributed by atoms with E-state index in [0.29, 0.717) is 11.3 Å². The quantitative estimate of drug-likeness (QED) is 0.741. The molecule has 24 heavy (non-hydrogen) atoms. The fourth-order valence-electron chi connectivity index (χ4n) is 3.17. The molecule has 0 unspecified atom stereocenters. The molecule has 0 spiro atoms. The fraction of sp³-hybridized carbons (Fsp3) is 0.111. The Morgan fingerprint density at radius 3 is 2.79 bits per heavy atom. The predicted molar refractivity (Wildman–Crippen MR) is 92.8 cm³/mol. The number of para-hydroxylation sites is 1. The van der Waals surface area contributed by atoms with Gasteiger partial charge in [0.25, 0.3) is 5.56 Å². The molecule has 0 saturated heterocycles. The maximum Gasteiger partial charge on any atom is 0.258 e. The van der Waals surface area contributed by atoms with Crippen LogP contribution < -0.4 is 16.0 Å². The van der Waals surface area contributed by atoms with Gasteiger partial charge in [0.05, 0.1) is 17.0 Å². The van der Waals surface area contributed by atoms with E-state index in [-0.39, 0.29) is 17.0 Å². The lowest BCUT2D eigenvalue weighted by Crippen LogP contribution is -2.30. The van der Waals surface area contributed by atoms with Gasteiger partial charge in [-0.15, -0.1) is 11.3 Å². The highest BCUT2D eigenvalue weighted by atomic mass is 32.1. The van der Waals surface area contributed by atoms with Crippen molar-refractivity contribution in [1.29, 1.82) is 5.26 Å². The van der Waals surface area contributed by atoms with Crippen molar-refractivity contribution in [3.63, 3.8) is 0 Å². The second-order valence-electron chi connectivity index (χ2n) is 5.56. The van der Waals surface area contributed by atoms with Crippen molar-refractivity contribution in [2.45, 2.75) is 5.92 Å². The van der Waals surface area contributed by atoms with Crippen LogP contribution in [0.15, 0.2) is 58.0 Å². The summed E-state index contributed by atoms with van der Waals surface area (Å²) in [5.74, 6) is 0.00691. The van der Waals surface area contributed by atoms with E-state index in [0.717, 1.165) is 15.8 Å². The second-order valence-corrected chi connectivity index (χ2v) is 6.54. The van der Waals surface area contributed by atoms with E-state index in [2.05, 4.69) is 6.07 Å². The number of nitrogens with zero attached hydrogens (tertiary/aromatic N) is 2. The van der Waals surface area contributed by atoms with E-state index in [1.165, 1.54) is 11.3 Å². The first-order chi connectivity index (χ1) is 11.6. The maximum atomic E-state index is 13.0. The molecule has 6 heteroatoms. The molecule has 2 N–H and O–H groups in total. The molecule has 2 aromatic heterocycles. The van der Waals surface area contributed by atoms with Gasteiger partial charge < -0.3 is 15.0 Å². The highest BCUT2D eigenvalue weighted by Crippen LogP contribution is 2.44. The summed E-state index contributed by atoms with van der Waals surface area (Å²) in [6, 6.07) is 13.4. The van der Waals surface area contributed by atoms with Gasteiger partial charge in [-0.05, 0) is 23.6 Å². The van der Waals surface area contributed by atoms with E-state index in [1.807, 2.05) is 41.8 Å². The Bertz CT molecular complexity index is 1090. The number of fused-ring (bicyclic) bond motifs is 3. The van der Waals surface area contributed by atoms with Crippen LogP contribution in [0.4, 0.5) is 0 Å². The van der Waals surface area contributed by atoms with Crippen LogP contribution >= 0.6 is 11.3 Å². The molecule has 0 bridgehead atoms. The molecule has 3 aromatic rings. The summed E-state index contributed by atoms with van der Waals surface area (Å²) in [4.78, 5) is 13.9. The smallest absolute Gasteiger partial charge is 0.258 e. The maximum absolute atomic E-state index is 13.0. The molecule has 0 fully saturated rings. The summed E-state index contributed by atoms with van der Waals surface area (Å²) in [6.45, 7) is 0. The van der Waals surface area contributed by atoms with E-state index >= 15 is 0 Å². The Morgan fingerprint density at radius 1 is 1.29 bits per heavy atom. The molecule has 0 aliphatic carbocycles. The summed E-state index contributed by atoms with van der Waals surface area (Å²) in [6.07, 6.45) is 0. The Balaban J connectivity index is 2.16. The Labute approximate surface area is 141 Å². The average Bonchev–Trinajstić information content (AvgIpc) is 3.13. The van der Waals surface area contributed by atoms with Crippen molar-refractivity contribution in [3.05, 3.63) is 74.0 Å². The predicted octanol–water partition coefficient (Wildman–Crippen LogP) is 2.82. The zero-order valence-corrected chi connectivity index (χ0v) is 13.6. The monoisotopic (exact) mass is 335 g/mol. The minimum atomic E-state index is -0.498. The number of hydrogen-bond acceptors (Lipinski definition) is 5. The number of benzene rings is 1. The zero-order chi connectivity index (χ0) is 16.8. The lowest BCUT2D eigenvalue weighted by atomic mass is 9.88. The molecule has 3 heterocycles. The van der Waals surface area contributed by atoms with E-state index < -0.39 is 5.92 Å². The molecular weight excluding hydrogens is 322 g/mol. The van der Waals surface area contributed by atoms with Gasteiger partial charge in [-0.25, -0.2) is 0 Å². The Morgan fingerprint density at radius 2 is 2.08 bits per heavy atom. The highest BCUT2D eigenvalue weighted by Gasteiger charge is 2.35. The van der Waals surface area contributed by atoms with Gasteiger partial charge in [0.1, 0.15) is 17.4 Å². The van der Waals surface area contributed by atoms with Gasteiger partial charge in [0.15, 0.2) is 0 Å². The number of allylic oxidation sites excluding steroid dienone is 1. The molecule has 1 atom stereocenters. The van der Waals surface area contributed by atoms with E-state index in [1.54, 1.807) is 11.6 Å². The number of pyridine rings is 1. The van der Waals surface area contributed by atoms with E-state index in [4.69, 9.17) is 10.5 Å². The van der Waals surface area contributed by atoms with Crippen molar-refractivity contribution >= 4 is 22.2 Å². The number of nitrogens with two attached hydrogens (primary N) is 1. The summed E-state index contributed by atoms with van der Waals surface area (Å²) < 4.78 is 7.33. The van der Waals surface area contributed by atoms with Gasteiger partial charge in [0, 0.05) is 17.3 Å². The Kier molecular flexibility index (Phi) is 3.18. The summed E-state index contributed by atoms with van der Waals surface area (Å²) in [7, 11) is 1.73. The van der Waals surface area contributed by atoms with Gasteiger partial charge in [0.2, 0.25) is 5.88 Å². The number of rotatable bonds is 1. The van der Waals surface area contributed by atoms with Crippen molar-refractivity contribution in [2.24, 2.45) is 12.8 Å². The minimum absolute atomic E-state index is 0.0572. The van der Waals surface area contributed by atoms with Crippen molar-refractivity contribution < 1.29 is 4.74 Å². The van der Waals surface area contributed by atoms with Crippen LogP contribution in [0, 0.1) is 11.3 Å². The van der Waals surface area contributed by atoms with Crippen LogP contribution in [-0.4, -0.2) is 4.57 Å². The number of nitriles is 1. The summed E-state index contributed by atoms with van der Waals surface area (Å²) in [5.41, 5.74) is 7.33. The molecule has 0 saturated carbocycles. The first-order valence-corrected chi connectivity index (χ1v) is 8.24. The normalized spacial score (nSPS) is 16.6. The molecule has 1 aliphatic rings. The van der Waals surface area contributed by atoms with Gasteiger partial charge in [-0.2, -0.15) is 5.26 Å². The fourth-order valence-corrected chi connectivity index (χ4v) is 4.01. The lowest BCUT2D eigenvalue weighted by Gasteiger charge is -2.26. The zero-order valence-electron chi connectivity index (χ0n) is 12.8. The number of thiophene rings is 1. The van der Waals surface area contributed by atoms with Crippen molar-refractivity contribution in [3.8, 4) is 11.8 Å². The number of ether oxygens (including phenoxy) is 1. The number of aryl methyl sites for hydroxylation is 1. The van der Waals surface area contributed by atoms with Gasteiger partial charge in [-0.3, -0.25) is 4.79 Å². The van der Waals surface area contributed by atoms with Gasteiger partial charge >= 0.3 is 0 Å². The topological polar surface area (TPSA) is 81.0 Å². The molecule has 0 amide bonds. The molecule has 0 radical (unpaired) electrons. The highest BCUT2D eigenvalue weighted by molar-refractivity contribution is 7.10. The molecular formula is C18H13N3O2S. The standard InChI is InChI=1S/C18H13N3O2S/c1-21-12-6-3-2-5-10(12)16-15(18(21)22)14(13-7-4-8-24-13)11(9-19)17(20)23-16/h2-8,14H,20H2,1H3/t14-/m0/s1. The summed E-state index contributed by atoms with van der Waals surface area (Å²) >= 11 is 1.49. The molecule has 1 aliphatic heterocycles. The Hall–Kier alpha value is -3.04.